The average molecular weight is 399 g/mol. The van der Waals surface area contributed by atoms with Crippen LogP contribution in [0.2, 0.25) is 0 Å². The zero-order chi connectivity index (χ0) is 20.1. The molecule has 5 fully saturated rings. The first kappa shape index (κ1) is 18.9. The van der Waals surface area contributed by atoms with Crippen LogP contribution in [-0.2, 0) is 14.2 Å². The van der Waals surface area contributed by atoms with Crippen molar-refractivity contribution in [1.29, 1.82) is 0 Å². The van der Waals surface area contributed by atoms with Crippen molar-refractivity contribution < 1.29 is 19.3 Å². The van der Waals surface area contributed by atoms with Crippen molar-refractivity contribution in [3.63, 3.8) is 0 Å². The molecule has 0 aromatic heterocycles. The van der Waals surface area contributed by atoms with Gasteiger partial charge in [-0.1, -0.05) is 38.7 Å². The quantitative estimate of drug-likeness (QED) is 0.381. The van der Waals surface area contributed by atoms with Crippen LogP contribution in [0, 0.1) is 35.0 Å². The number of ether oxygens (including phenoxy) is 3. The maximum Gasteiger partial charge on any atom is 0.171 e. The number of allylic oxidation sites excluding steroid dienone is 1. The lowest BCUT2D eigenvalue weighted by molar-refractivity contribution is -0.185. The molecule has 2 heterocycles. The molecule has 6 rings (SSSR count). The molecule has 2 saturated heterocycles. The van der Waals surface area contributed by atoms with E-state index in [0.29, 0.717) is 31.0 Å². The van der Waals surface area contributed by atoms with Crippen LogP contribution in [0.3, 0.4) is 0 Å². The van der Waals surface area contributed by atoms with E-state index in [0.717, 1.165) is 51.4 Å². The van der Waals surface area contributed by atoms with Gasteiger partial charge in [-0.3, -0.25) is 0 Å². The Morgan fingerprint density at radius 2 is 1.90 bits per heavy atom. The third kappa shape index (κ3) is 2.26. The summed E-state index contributed by atoms with van der Waals surface area (Å²) in [4.78, 5) is 0. The molecule has 1 spiro atoms. The number of hydrogen-bond donors (Lipinski definition) is 1. The zero-order valence-electron chi connectivity index (χ0n) is 18.1. The normalized spacial score (nSPS) is 51.4. The molecule has 3 saturated carbocycles. The van der Waals surface area contributed by atoms with Crippen molar-refractivity contribution in [3.8, 4) is 11.8 Å². The number of rotatable bonds is 0. The fourth-order valence-electron chi connectivity index (χ4n) is 7.82. The van der Waals surface area contributed by atoms with Gasteiger partial charge >= 0.3 is 0 Å². The minimum absolute atomic E-state index is 0.0714. The molecule has 158 valence electrons. The summed E-state index contributed by atoms with van der Waals surface area (Å²) in [5, 5.41) is 11.6. The molecule has 0 bridgehead atoms. The summed E-state index contributed by atoms with van der Waals surface area (Å²) in [7, 11) is 0. The van der Waals surface area contributed by atoms with Gasteiger partial charge in [-0.05, 0) is 55.9 Å². The average Bonchev–Trinajstić information content (AvgIpc) is 3.03. The van der Waals surface area contributed by atoms with Crippen molar-refractivity contribution in [2.24, 2.45) is 23.2 Å². The standard InChI is InChI=1S/C25H34O4/c1-17(2)4-9-22(26)10-7-19-18-5-11-23-16-24(27-14-15-28-24)12-13-25(23,29-23)20(18)6-8-21(19,22)3/h6,17-19,26H,5,7-8,10-16H2,1-3H3/t18-,19-,21-,22-,23+,25+/m0/s1. The van der Waals surface area contributed by atoms with Crippen LogP contribution in [0.25, 0.3) is 0 Å². The smallest absolute Gasteiger partial charge is 0.171 e. The summed E-state index contributed by atoms with van der Waals surface area (Å²) in [6.07, 6.45) is 10.3. The van der Waals surface area contributed by atoms with E-state index in [1.165, 1.54) is 0 Å². The Balaban J connectivity index is 1.32. The SMILES string of the molecule is CC(C)C#C[C@]1(O)CC[C@H]2[C@@H]3CC[C@@]45CC6(CC[C@@]4(O5)C3=CC[C@@]21C)OCCO6. The Labute approximate surface area is 174 Å². The van der Waals surface area contributed by atoms with Crippen molar-refractivity contribution in [1.82, 2.24) is 0 Å². The Kier molecular flexibility index (Phi) is 3.70. The van der Waals surface area contributed by atoms with Crippen LogP contribution in [0.4, 0.5) is 0 Å². The third-order valence-electron chi connectivity index (χ3n) is 9.39. The van der Waals surface area contributed by atoms with E-state index in [-0.39, 0.29) is 16.6 Å². The van der Waals surface area contributed by atoms with Gasteiger partial charge in [0.25, 0.3) is 0 Å². The van der Waals surface area contributed by atoms with Crippen molar-refractivity contribution >= 4 is 0 Å². The highest BCUT2D eigenvalue weighted by Gasteiger charge is 2.79. The Morgan fingerprint density at radius 3 is 2.66 bits per heavy atom. The van der Waals surface area contributed by atoms with Gasteiger partial charge in [-0.2, -0.15) is 0 Å². The fourth-order valence-corrected chi connectivity index (χ4v) is 7.82. The summed E-state index contributed by atoms with van der Waals surface area (Å²) >= 11 is 0. The van der Waals surface area contributed by atoms with Gasteiger partial charge in [0, 0.05) is 24.2 Å². The molecule has 29 heavy (non-hydrogen) atoms. The number of aliphatic hydroxyl groups is 1. The van der Waals surface area contributed by atoms with E-state index < -0.39 is 11.4 Å². The summed E-state index contributed by atoms with van der Waals surface area (Å²) in [5.74, 6) is 7.51. The first-order valence-electron chi connectivity index (χ1n) is 11.7. The van der Waals surface area contributed by atoms with Gasteiger partial charge in [-0.25, -0.2) is 0 Å². The Morgan fingerprint density at radius 1 is 1.10 bits per heavy atom. The lowest BCUT2D eigenvalue weighted by Gasteiger charge is -2.51. The predicted molar refractivity (Wildman–Crippen MR) is 109 cm³/mol. The van der Waals surface area contributed by atoms with Gasteiger partial charge in [0.15, 0.2) is 5.79 Å². The van der Waals surface area contributed by atoms with E-state index >= 15 is 0 Å². The Bertz CT molecular complexity index is 829. The van der Waals surface area contributed by atoms with Crippen LogP contribution in [0.1, 0.15) is 72.1 Å². The topological polar surface area (TPSA) is 51.2 Å². The lowest BCUT2D eigenvalue weighted by Crippen LogP contribution is -2.53. The maximum absolute atomic E-state index is 11.6. The first-order valence-corrected chi connectivity index (χ1v) is 11.7. The lowest BCUT2D eigenvalue weighted by atomic mass is 9.53. The van der Waals surface area contributed by atoms with Crippen molar-refractivity contribution in [2.45, 2.75) is 94.7 Å². The molecule has 2 aliphatic heterocycles. The molecule has 1 N–H and O–H groups in total. The molecule has 0 aromatic rings. The zero-order valence-corrected chi connectivity index (χ0v) is 18.1. The molecule has 6 atom stereocenters. The minimum Gasteiger partial charge on any atom is -0.377 e. The monoisotopic (exact) mass is 398 g/mol. The van der Waals surface area contributed by atoms with Gasteiger partial charge in [-0.15, -0.1) is 0 Å². The van der Waals surface area contributed by atoms with E-state index in [1.54, 1.807) is 5.57 Å². The second-order valence-electron chi connectivity index (χ2n) is 11.1. The molecule has 4 aliphatic carbocycles. The van der Waals surface area contributed by atoms with Crippen LogP contribution in [0.15, 0.2) is 11.6 Å². The molecule has 4 heteroatoms. The van der Waals surface area contributed by atoms with Gasteiger partial charge in [0.1, 0.15) is 16.8 Å². The molecular weight excluding hydrogens is 364 g/mol. The van der Waals surface area contributed by atoms with E-state index in [4.69, 9.17) is 14.2 Å². The van der Waals surface area contributed by atoms with Gasteiger partial charge in [0.2, 0.25) is 0 Å². The molecule has 6 aliphatic rings. The first-order chi connectivity index (χ1) is 13.8. The molecule has 0 aromatic carbocycles. The second-order valence-corrected chi connectivity index (χ2v) is 11.1. The molecule has 0 amide bonds. The fraction of sp³-hybridized carbons (Fsp3) is 0.840. The summed E-state index contributed by atoms with van der Waals surface area (Å²) in [5.41, 5.74) is 0.380. The molecule has 0 unspecified atom stereocenters. The second kappa shape index (κ2) is 5.68. The van der Waals surface area contributed by atoms with Crippen LogP contribution in [-0.4, -0.2) is 40.9 Å². The van der Waals surface area contributed by atoms with E-state index in [2.05, 4.69) is 38.7 Å². The van der Waals surface area contributed by atoms with Gasteiger partial charge < -0.3 is 19.3 Å². The highest BCUT2D eigenvalue weighted by Crippen LogP contribution is 2.74. The summed E-state index contributed by atoms with van der Waals surface area (Å²) < 4.78 is 18.8. The van der Waals surface area contributed by atoms with Crippen molar-refractivity contribution in [2.75, 3.05) is 13.2 Å². The van der Waals surface area contributed by atoms with E-state index in [9.17, 15) is 5.11 Å². The highest BCUT2D eigenvalue weighted by atomic mass is 16.7. The largest absolute Gasteiger partial charge is 0.377 e. The predicted octanol–water partition coefficient (Wildman–Crippen LogP) is 3.97. The van der Waals surface area contributed by atoms with Crippen LogP contribution >= 0.6 is 0 Å². The molecular formula is C25H34O4. The van der Waals surface area contributed by atoms with Gasteiger partial charge in [0.05, 0.1) is 13.2 Å². The van der Waals surface area contributed by atoms with E-state index in [1.807, 2.05) is 0 Å². The molecule has 4 nitrogen and oxygen atoms in total. The Hall–Kier alpha value is -0.860. The summed E-state index contributed by atoms with van der Waals surface area (Å²) in [6.45, 7) is 7.91. The van der Waals surface area contributed by atoms with Crippen LogP contribution < -0.4 is 0 Å². The van der Waals surface area contributed by atoms with Crippen molar-refractivity contribution in [3.05, 3.63) is 11.6 Å². The summed E-state index contributed by atoms with van der Waals surface area (Å²) in [6, 6.07) is 0. The number of hydrogen-bond acceptors (Lipinski definition) is 4. The maximum atomic E-state index is 11.6. The number of epoxide rings is 1. The highest BCUT2D eigenvalue weighted by molar-refractivity contribution is 5.44. The van der Waals surface area contributed by atoms with Crippen LogP contribution in [0.5, 0.6) is 0 Å². The molecule has 0 radical (unpaired) electrons. The minimum atomic E-state index is -0.858. The third-order valence-corrected chi connectivity index (χ3v) is 9.39. The number of fused-ring (bicyclic) bond motifs is 3.